The van der Waals surface area contributed by atoms with Crippen molar-refractivity contribution in [3.63, 3.8) is 0 Å². The minimum Gasteiger partial charge on any atom is -0.453 e. The predicted octanol–water partition coefficient (Wildman–Crippen LogP) is 3.35. The van der Waals surface area contributed by atoms with Gasteiger partial charge in [0.15, 0.2) is 0 Å². The maximum atomic E-state index is 15.5. The molecule has 216 valence electrons. The summed E-state index contributed by atoms with van der Waals surface area (Å²) in [6.45, 7) is 0.496. The highest BCUT2D eigenvalue weighted by atomic mass is 35.5. The van der Waals surface area contributed by atoms with Crippen molar-refractivity contribution in [2.45, 2.75) is 29.9 Å². The zero-order chi connectivity index (χ0) is 29.5. The largest absolute Gasteiger partial charge is 0.453 e. The fraction of sp³-hybridized carbons (Fsp3) is 0.308. The maximum Gasteiger partial charge on any atom is 0.409 e. The third-order valence-electron chi connectivity index (χ3n) is 7.11. The van der Waals surface area contributed by atoms with E-state index in [0.29, 0.717) is 41.9 Å². The molecule has 1 saturated heterocycles. The molecule has 41 heavy (non-hydrogen) atoms. The van der Waals surface area contributed by atoms with E-state index in [2.05, 4.69) is 10.2 Å². The van der Waals surface area contributed by atoms with Crippen LogP contribution in [0.3, 0.4) is 0 Å². The first-order chi connectivity index (χ1) is 19.5. The lowest BCUT2D eigenvalue weighted by Crippen LogP contribution is -2.46. The van der Waals surface area contributed by atoms with Crippen molar-refractivity contribution in [2.75, 3.05) is 32.2 Å². The second-order valence-electron chi connectivity index (χ2n) is 9.50. The highest BCUT2D eigenvalue weighted by Gasteiger charge is 2.43. The molecule has 0 atom stereocenters. The number of fused-ring (bicyclic) bond motifs is 1. The quantitative estimate of drug-likeness (QED) is 0.457. The van der Waals surface area contributed by atoms with E-state index < -0.39 is 43.8 Å². The van der Waals surface area contributed by atoms with Crippen molar-refractivity contribution in [3.8, 4) is 11.5 Å². The van der Waals surface area contributed by atoms with Gasteiger partial charge in [-0.25, -0.2) is 17.6 Å². The van der Waals surface area contributed by atoms with Crippen LogP contribution < -0.4 is 10.6 Å². The number of benzene rings is 2. The molecule has 2 N–H and O–H groups in total. The van der Waals surface area contributed by atoms with Crippen LogP contribution in [0.5, 0.6) is 0 Å². The Morgan fingerprint density at radius 2 is 1.85 bits per heavy atom. The van der Waals surface area contributed by atoms with Crippen LogP contribution >= 0.6 is 11.6 Å². The second-order valence-corrected chi connectivity index (χ2v) is 11.7. The molecule has 1 fully saturated rings. The molecule has 3 aromatic rings. The first kappa shape index (κ1) is 28.5. The van der Waals surface area contributed by atoms with Crippen LogP contribution in [0.4, 0.5) is 14.9 Å². The number of aromatic nitrogens is 2. The van der Waals surface area contributed by atoms with Gasteiger partial charge in [0.2, 0.25) is 15.7 Å². The monoisotopic (exact) mass is 605 g/mol. The van der Waals surface area contributed by atoms with Crippen molar-refractivity contribution >= 4 is 39.1 Å². The van der Waals surface area contributed by atoms with Crippen LogP contribution in [-0.2, 0) is 36.3 Å². The van der Waals surface area contributed by atoms with Crippen molar-refractivity contribution in [3.05, 3.63) is 69.8 Å². The van der Waals surface area contributed by atoms with Gasteiger partial charge in [0.1, 0.15) is 17.1 Å². The summed E-state index contributed by atoms with van der Waals surface area (Å²) >= 11 is 5.98. The molecule has 5 rings (SSSR count). The zero-order valence-electron chi connectivity index (χ0n) is 22.0. The second kappa shape index (κ2) is 10.8. The van der Waals surface area contributed by atoms with Gasteiger partial charge in [-0.3, -0.25) is 4.79 Å². The van der Waals surface area contributed by atoms with E-state index in [9.17, 15) is 18.0 Å². The normalized spacial score (nSPS) is 18.0. The molecule has 0 bridgehead atoms. The van der Waals surface area contributed by atoms with Crippen molar-refractivity contribution in [1.82, 2.24) is 15.1 Å². The fourth-order valence-corrected chi connectivity index (χ4v) is 6.24. The van der Waals surface area contributed by atoms with E-state index in [1.165, 1.54) is 25.2 Å². The van der Waals surface area contributed by atoms with E-state index in [-0.39, 0.29) is 29.6 Å². The molecular formula is C26H25ClFN5O7S. The lowest BCUT2D eigenvalue weighted by Gasteiger charge is -2.37. The Labute approximate surface area is 239 Å². The van der Waals surface area contributed by atoms with Crippen LogP contribution in [0.25, 0.3) is 11.5 Å². The van der Waals surface area contributed by atoms with Gasteiger partial charge >= 0.3 is 6.09 Å². The van der Waals surface area contributed by atoms with Crippen LogP contribution in [0.15, 0.2) is 56.8 Å². The summed E-state index contributed by atoms with van der Waals surface area (Å²) in [6.07, 6.45) is 0.134. The predicted molar refractivity (Wildman–Crippen MR) is 144 cm³/mol. The number of carbonyl (C=O) groups is 2. The molecule has 1 aromatic heterocycles. The Morgan fingerprint density at radius 3 is 2.49 bits per heavy atom. The van der Waals surface area contributed by atoms with Gasteiger partial charge < -0.3 is 29.4 Å². The van der Waals surface area contributed by atoms with Crippen LogP contribution in [-0.4, -0.2) is 62.8 Å². The van der Waals surface area contributed by atoms with Crippen LogP contribution in [0.2, 0.25) is 5.02 Å². The molecule has 0 unspecified atom stereocenters. The van der Waals surface area contributed by atoms with Crippen molar-refractivity contribution < 1.29 is 36.3 Å². The van der Waals surface area contributed by atoms with E-state index >= 15 is 4.39 Å². The Hall–Kier alpha value is -4.01. The molecule has 2 aromatic carbocycles. The lowest BCUT2D eigenvalue weighted by molar-refractivity contribution is -0.115. The number of halogens is 2. The molecule has 3 heterocycles. The highest BCUT2D eigenvalue weighted by molar-refractivity contribution is 7.94. The standard InChI is InChI=1S/C26H25ClFN5O7S/c1-38-25(35)32-9-7-26(39-2,8-10-32)24-31-30-22(40-24)17-11-20-21(12-18(17)28)41(36,37)14-19(29)23(34)33(20)13-15-3-5-16(27)6-4-15/h3-6,11-12,14H,7-10,13,29H2,1-2H3. The van der Waals surface area contributed by atoms with Crippen molar-refractivity contribution in [1.29, 1.82) is 0 Å². The average molecular weight is 606 g/mol. The van der Waals surface area contributed by atoms with Gasteiger partial charge in [-0.15, -0.1) is 10.2 Å². The number of likely N-dealkylation sites (tertiary alicyclic amines) is 1. The summed E-state index contributed by atoms with van der Waals surface area (Å²) in [7, 11) is -1.54. The molecule has 2 aliphatic rings. The fourth-order valence-electron chi connectivity index (χ4n) is 4.82. The number of carbonyl (C=O) groups excluding carboxylic acids is 2. The molecule has 0 aliphatic carbocycles. The average Bonchev–Trinajstić information content (AvgIpc) is 3.44. The summed E-state index contributed by atoms with van der Waals surface area (Å²) in [6, 6.07) is 8.53. The maximum absolute atomic E-state index is 15.5. The van der Waals surface area contributed by atoms with Crippen LogP contribution in [0, 0.1) is 5.82 Å². The number of amides is 2. The molecule has 12 nitrogen and oxygen atoms in total. The van der Waals surface area contributed by atoms with Crippen molar-refractivity contribution in [2.24, 2.45) is 5.73 Å². The molecule has 0 saturated carbocycles. The summed E-state index contributed by atoms with van der Waals surface area (Å²) in [5, 5.41) is 9.17. The van der Waals surface area contributed by atoms with Gasteiger partial charge in [-0.1, -0.05) is 23.7 Å². The summed E-state index contributed by atoms with van der Waals surface area (Å²) in [5.74, 6) is -1.96. The first-order valence-corrected chi connectivity index (χ1v) is 14.2. The number of rotatable bonds is 5. The Bertz CT molecular complexity index is 1650. The number of anilines is 1. The van der Waals surface area contributed by atoms with Crippen LogP contribution in [0.1, 0.15) is 24.3 Å². The Kier molecular flexibility index (Phi) is 7.48. The molecule has 0 radical (unpaired) electrons. The van der Waals surface area contributed by atoms with Gasteiger partial charge in [0, 0.05) is 38.1 Å². The minimum absolute atomic E-state index is 0.0569. The zero-order valence-corrected chi connectivity index (χ0v) is 23.5. The molecule has 2 amide bonds. The lowest BCUT2D eigenvalue weighted by atomic mass is 9.91. The van der Waals surface area contributed by atoms with Gasteiger partial charge in [0.05, 0.1) is 35.2 Å². The van der Waals surface area contributed by atoms with E-state index in [1.54, 1.807) is 24.3 Å². The first-order valence-electron chi connectivity index (χ1n) is 12.3. The number of sulfone groups is 1. The molecule has 2 aliphatic heterocycles. The number of methoxy groups -OCH3 is 2. The summed E-state index contributed by atoms with van der Waals surface area (Å²) in [4.78, 5) is 27.3. The topological polar surface area (TPSA) is 158 Å². The number of hydrogen-bond donors (Lipinski definition) is 1. The Balaban J connectivity index is 1.55. The smallest absolute Gasteiger partial charge is 0.409 e. The van der Waals surface area contributed by atoms with E-state index in [1.807, 2.05) is 0 Å². The molecule has 15 heteroatoms. The number of piperidine rings is 1. The Morgan fingerprint density at radius 1 is 1.17 bits per heavy atom. The number of ether oxygens (including phenoxy) is 2. The minimum atomic E-state index is -4.29. The van der Waals surface area contributed by atoms with E-state index in [4.69, 9.17) is 31.2 Å². The number of nitrogens with two attached hydrogens (primary N) is 1. The SMILES string of the molecule is COC(=O)N1CCC(OC)(c2nnc(-c3cc4c(cc3F)S(=O)(=O)C=C(N)C(=O)N4Cc3ccc(Cl)cc3)o2)CC1. The molecule has 0 spiro atoms. The number of hydrogen-bond acceptors (Lipinski definition) is 10. The third kappa shape index (κ3) is 5.25. The summed E-state index contributed by atoms with van der Waals surface area (Å²) < 4.78 is 58.0. The van der Waals surface area contributed by atoms with Gasteiger partial charge in [-0.2, -0.15) is 0 Å². The third-order valence-corrected chi connectivity index (χ3v) is 8.87. The van der Waals surface area contributed by atoms with Gasteiger partial charge in [0.25, 0.3) is 11.8 Å². The number of nitrogens with zero attached hydrogens (tertiary/aromatic N) is 4. The highest BCUT2D eigenvalue weighted by Crippen LogP contribution is 2.40. The summed E-state index contributed by atoms with van der Waals surface area (Å²) in [5.41, 5.74) is 4.52. The van der Waals surface area contributed by atoms with Gasteiger partial charge in [-0.05, 0) is 29.8 Å². The molecular weight excluding hydrogens is 581 g/mol. The van der Waals surface area contributed by atoms with E-state index in [0.717, 1.165) is 11.0 Å².